The Kier molecular flexibility index (Phi) is 9.48. The number of carbonyl (C=O) groups is 2. The first kappa shape index (κ1) is 28.0. The zero-order chi connectivity index (χ0) is 27.2. The molecular weight excluding hydrogens is 535 g/mol. The van der Waals surface area contributed by atoms with Gasteiger partial charge in [0.15, 0.2) is 0 Å². The molecule has 6 nitrogen and oxygen atoms in total. The van der Waals surface area contributed by atoms with Crippen LogP contribution in [0, 0.1) is 5.82 Å². The molecule has 5 rings (SSSR count). The Hall–Kier alpha value is -2.55. The van der Waals surface area contributed by atoms with Gasteiger partial charge < -0.3 is 15.1 Å². The highest BCUT2D eigenvalue weighted by Crippen LogP contribution is 2.42. The topological polar surface area (TPSA) is 55.9 Å². The predicted molar refractivity (Wildman–Crippen MR) is 157 cm³/mol. The maximum atomic E-state index is 13.5. The summed E-state index contributed by atoms with van der Waals surface area (Å²) >= 11 is 8.00. The van der Waals surface area contributed by atoms with E-state index < -0.39 is 0 Å². The van der Waals surface area contributed by atoms with Crippen molar-refractivity contribution in [1.29, 1.82) is 0 Å². The fraction of sp³-hybridized carbons (Fsp3) is 0.467. The highest BCUT2D eigenvalue weighted by molar-refractivity contribution is 8.04. The number of fused-ring (bicyclic) bond motifs is 1. The Labute approximate surface area is 239 Å². The Morgan fingerprint density at radius 3 is 2.56 bits per heavy atom. The Morgan fingerprint density at radius 2 is 1.79 bits per heavy atom. The summed E-state index contributed by atoms with van der Waals surface area (Å²) in [6, 6.07) is 14.3. The third-order valence-corrected chi connectivity index (χ3v) is 9.60. The molecule has 2 unspecified atom stereocenters. The van der Waals surface area contributed by atoms with Gasteiger partial charge in [-0.1, -0.05) is 42.6 Å². The highest BCUT2D eigenvalue weighted by atomic mass is 35.5. The average molecular weight is 571 g/mol. The van der Waals surface area contributed by atoms with Crippen LogP contribution in [0.1, 0.15) is 37.7 Å². The van der Waals surface area contributed by atoms with Crippen LogP contribution in [0.25, 0.3) is 6.08 Å². The average Bonchev–Trinajstić information content (AvgIpc) is 2.95. The molecule has 2 aromatic carbocycles. The molecule has 2 atom stereocenters. The molecule has 3 fully saturated rings. The maximum absolute atomic E-state index is 13.5. The molecule has 2 heterocycles. The number of anilines is 1. The van der Waals surface area contributed by atoms with Gasteiger partial charge in [0.25, 0.3) is 5.91 Å². The van der Waals surface area contributed by atoms with Crippen molar-refractivity contribution in [2.75, 3.05) is 50.7 Å². The highest BCUT2D eigenvalue weighted by Gasteiger charge is 2.41. The van der Waals surface area contributed by atoms with E-state index in [4.69, 9.17) is 11.6 Å². The van der Waals surface area contributed by atoms with Gasteiger partial charge in [-0.2, -0.15) is 0 Å². The van der Waals surface area contributed by atoms with E-state index in [-0.39, 0.29) is 30.2 Å². The SMILES string of the molecule is O=C(CN1C(=O)/C(=C\c2ccccc2Cl)SC2CCCCC21)NCCCN1CCN(c2ccc(F)cc2)CC1. The van der Waals surface area contributed by atoms with Gasteiger partial charge in [0.2, 0.25) is 5.91 Å². The van der Waals surface area contributed by atoms with Gasteiger partial charge in [0.05, 0.1) is 4.91 Å². The zero-order valence-electron chi connectivity index (χ0n) is 22.2. The molecule has 1 aliphatic carbocycles. The van der Waals surface area contributed by atoms with Gasteiger partial charge in [-0.3, -0.25) is 14.5 Å². The van der Waals surface area contributed by atoms with Crippen LogP contribution in [0.2, 0.25) is 5.02 Å². The van der Waals surface area contributed by atoms with Crippen LogP contribution >= 0.6 is 23.4 Å². The summed E-state index contributed by atoms with van der Waals surface area (Å²) in [4.78, 5) is 33.6. The van der Waals surface area contributed by atoms with Crippen molar-refractivity contribution in [2.24, 2.45) is 0 Å². The summed E-state index contributed by atoms with van der Waals surface area (Å²) in [6.45, 7) is 5.27. The molecule has 9 heteroatoms. The number of thioether (sulfide) groups is 1. The number of hydrogen-bond donors (Lipinski definition) is 1. The number of rotatable bonds is 8. The van der Waals surface area contributed by atoms with E-state index in [2.05, 4.69) is 15.1 Å². The molecular formula is C30H36ClFN4O2S. The first-order chi connectivity index (χ1) is 19.0. The number of halogens is 2. The first-order valence-corrected chi connectivity index (χ1v) is 15.2. The third-order valence-electron chi connectivity index (χ3n) is 7.86. The van der Waals surface area contributed by atoms with E-state index >= 15 is 0 Å². The van der Waals surface area contributed by atoms with E-state index in [9.17, 15) is 14.0 Å². The van der Waals surface area contributed by atoms with Crippen LogP contribution < -0.4 is 10.2 Å². The van der Waals surface area contributed by atoms with Crippen molar-refractivity contribution >= 4 is 46.9 Å². The van der Waals surface area contributed by atoms with Crippen molar-refractivity contribution in [2.45, 2.75) is 43.4 Å². The van der Waals surface area contributed by atoms with E-state index in [1.54, 1.807) is 16.7 Å². The normalized spacial score (nSPS) is 23.1. The number of amides is 2. The van der Waals surface area contributed by atoms with Crippen molar-refractivity contribution in [3.8, 4) is 0 Å². The van der Waals surface area contributed by atoms with Crippen LogP contribution in [-0.4, -0.2) is 78.7 Å². The first-order valence-electron chi connectivity index (χ1n) is 13.9. The Bertz CT molecular complexity index is 1190. The smallest absolute Gasteiger partial charge is 0.261 e. The van der Waals surface area contributed by atoms with E-state index in [0.29, 0.717) is 21.7 Å². The monoisotopic (exact) mass is 570 g/mol. The molecule has 1 saturated carbocycles. The van der Waals surface area contributed by atoms with Crippen LogP contribution in [0.5, 0.6) is 0 Å². The summed E-state index contributed by atoms with van der Waals surface area (Å²) in [5.41, 5.74) is 1.88. The van der Waals surface area contributed by atoms with Gasteiger partial charge >= 0.3 is 0 Å². The molecule has 1 N–H and O–H groups in total. The van der Waals surface area contributed by atoms with Gasteiger partial charge in [0, 0.05) is 54.7 Å². The third kappa shape index (κ3) is 7.16. The zero-order valence-corrected chi connectivity index (χ0v) is 23.7. The van der Waals surface area contributed by atoms with Gasteiger partial charge in [-0.05, 0) is 67.8 Å². The second-order valence-corrected chi connectivity index (χ2v) is 12.2. The van der Waals surface area contributed by atoms with Crippen molar-refractivity contribution in [3.63, 3.8) is 0 Å². The predicted octanol–water partition coefficient (Wildman–Crippen LogP) is 5.04. The number of carbonyl (C=O) groups excluding carboxylic acids is 2. The molecule has 0 radical (unpaired) electrons. The summed E-state index contributed by atoms with van der Waals surface area (Å²) in [5, 5.41) is 3.97. The van der Waals surface area contributed by atoms with E-state index in [0.717, 1.165) is 76.1 Å². The number of nitrogens with zero attached hydrogens (tertiary/aromatic N) is 3. The molecule has 208 valence electrons. The van der Waals surface area contributed by atoms with Crippen LogP contribution in [-0.2, 0) is 9.59 Å². The van der Waals surface area contributed by atoms with Crippen LogP contribution in [0.4, 0.5) is 10.1 Å². The molecule has 0 spiro atoms. The number of hydrogen-bond acceptors (Lipinski definition) is 5. The van der Waals surface area contributed by atoms with E-state index in [1.165, 1.54) is 12.1 Å². The molecule has 0 aromatic heterocycles. The van der Waals surface area contributed by atoms with E-state index in [1.807, 2.05) is 42.5 Å². The lowest BCUT2D eigenvalue weighted by atomic mass is 9.93. The number of piperazine rings is 1. The second kappa shape index (κ2) is 13.2. The minimum atomic E-state index is -0.212. The Morgan fingerprint density at radius 1 is 1.05 bits per heavy atom. The van der Waals surface area contributed by atoms with Gasteiger partial charge in [0.1, 0.15) is 12.4 Å². The standard InChI is InChI=1S/C30H36ClFN4O2S/c31-25-7-2-1-6-22(25)20-28-30(38)36(26-8-3-4-9-27(26)39-28)21-29(37)33-14-5-15-34-16-18-35(19-17-34)24-12-10-23(32)11-13-24/h1-2,6-7,10-13,20,26-27H,3-5,8-9,14-19,21H2,(H,33,37)/b28-20+. The minimum absolute atomic E-state index is 0.0720. The summed E-state index contributed by atoms with van der Waals surface area (Å²) in [6.07, 6.45) is 6.97. The lowest BCUT2D eigenvalue weighted by Gasteiger charge is -2.43. The fourth-order valence-electron chi connectivity index (χ4n) is 5.72. The maximum Gasteiger partial charge on any atom is 0.261 e. The van der Waals surface area contributed by atoms with Crippen molar-refractivity contribution < 1.29 is 14.0 Å². The molecule has 2 saturated heterocycles. The van der Waals surface area contributed by atoms with Crippen molar-refractivity contribution in [1.82, 2.24) is 15.1 Å². The summed E-state index contributed by atoms with van der Waals surface area (Å²) in [5.74, 6) is -0.384. The minimum Gasteiger partial charge on any atom is -0.369 e. The van der Waals surface area contributed by atoms with Crippen molar-refractivity contribution in [3.05, 3.63) is 69.8 Å². The summed E-state index contributed by atoms with van der Waals surface area (Å²) < 4.78 is 13.2. The molecule has 2 amide bonds. The lowest BCUT2D eigenvalue weighted by Crippen LogP contribution is -2.54. The number of nitrogens with one attached hydrogen (secondary N) is 1. The number of benzene rings is 2. The second-order valence-electron chi connectivity index (χ2n) is 10.5. The summed E-state index contributed by atoms with van der Waals surface area (Å²) in [7, 11) is 0. The molecule has 2 aromatic rings. The molecule has 0 bridgehead atoms. The van der Waals surface area contributed by atoms with Gasteiger partial charge in [-0.15, -0.1) is 11.8 Å². The molecule has 2 aliphatic heterocycles. The quantitative estimate of drug-likeness (QED) is 0.356. The lowest BCUT2D eigenvalue weighted by molar-refractivity contribution is -0.135. The van der Waals surface area contributed by atoms with Gasteiger partial charge in [-0.25, -0.2) is 4.39 Å². The van der Waals surface area contributed by atoms with Crippen LogP contribution in [0.15, 0.2) is 53.4 Å². The molecule has 3 aliphatic rings. The largest absolute Gasteiger partial charge is 0.369 e. The fourth-order valence-corrected chi connectivity index (χ4v) is 7.37. The van der Waals surface area contributed by atoms with Crippen LogP contribution in [0.3, 0.4) is 0 Å². The Balaban J connectivity index is 1.10. The molecule has 39 heavy (non-hydrogen) atoms.